The predicted octanol–water partition coefficient (Wildman–Crippen LogP) is 4.16. The molecule has 0 heterocycles. The number of benzene rings is 2. The van der Waals surface area contributed by atoms with Gasteiger partial charge in [0.25, 0.3) is 0 Å². The Morgan fingerprint density at radius 2 is 1.79 bits per heavy atom. The van der Waals surface area contributed by atoms with Crippen molar-refractivity contribution in [1.29, 1.82) is 0 Å². The molecule has 0 fully saturated rings. The lowest BCUT2D eigenvalue weighted by molar-refractivity contribution is 0.102. The Bertz CT molecular complexity index is 567. The molecule has 0 amide bonds. The van der Waals surface area contributed by atoms with Gasteiger partial charge in [0.1, 0.15) is 5.75 Å². The second kappa shape index (κ2) is 6.64. The molecule has 4 heteroatoms. The summed E-state index contributed by atoms with van der Waals surface area (Å²) in [5.74, 6) is 1.33. The standard InChI is InChI=1S/C15H13ClO2S/c16-14-4-2-1-3-12(14)9-19-10-15(18)11-5-7-13(17)8-6-11/h1-8,17H,9-10H2. The van der Waals surface area contributed by atoms with Gasteiger partial charge in [-0.25, -0.2) is 0 Å². The second-order valence-electron chi connectivity index (χ2n) is 4.05. The van der Waals surface area contributed by atoms with E-state index in [1.54, 1.807) is 12.1 Å². The van der Waals surface area contributed by atoms with Gasteiger partial charge in [-0.15, -0.1) is 11.8 Å². The monoisotopic (exact) mass is 292 g/mol. The van der Waals surface area contributed by atoms with Crippen molar-refractivity contribution >= 4 is 29.1 Å². The molecule has 0 atom stereocenters. The summed E-state index contributed by atoms with van der Waals surface area (Å²) in [6.07, 6.45) is 0. The van der Waals surface area contributed by atoms with Crippen molar-refractivity contribution in [1.82, 2.24) is 0 Å². The first-order chi connectivity index (χ1) is 9.16. The molecule has 2 aromatic rings. The second-order valence-corrected chi connectivity index (χ2v) is 5.45. The van der Waals surface area contributed by atoms with Gasteiger partial charge in [0, 0.05) is 16.3 Å². The number of hydrogen-bond donors (Lipinski definition) is 1. The van der Waals surface area contributed by atoms with Crippen molar-refractivity contribution in [2.75, 3.05) is 5.75 Å². The zero-order chi connectivity index (χ0) is 13.7. The fraction of sp³-hybridized carbons (Fsp3) is 0.133. The van der Waals surface area contributed by atoms with Gasteiger partial charge in [0.15, 0.2) is 5.78 Å². The Morgan fingerprint density at radius 1 is 1.11 bits per heavy atom. The average Bonchev–Trinajstić information content (AvgIpc) is 2.41. The highest BCUT2D eigenvalue weighted by molar-refractivity contribution is 7.99. The van der Waals surface area contributed by atoms with Gasteiger partial charge < -0.3 is 5.11 Å². The molecule has 0 aliphatic heterocycles. The van der Waals surface area contributed by atoms with Crippen LogP contribution in [0.3, 0.4) is 0 Å². The largest absolute Gasteiger partial charge is 0.508 e. The maximum Gasteiger partial charge on any atom is 0.172 e. The number of carbonyl (C=O) groups excluding carboxylic acids is 1. The SMILES string of the molecule is O=C(CSCc1ccccc1Cl)c1ccc(O)cc1. The third-order valence-corrected chi connectivity index (χ3v) is 3.99. The third kappa shape index (κ3) is 4.01. The van der Waals surface area contributed by atoms with E-state index in [9.17, 15) is 4.79 Å². The molecule has 0 unspecified atom stereocenters. The normalized spacial score (nSPS) is 10.4. The molecule has 2 nitrogen and oxygen atoms in total. The van der Waals surface area contributed by atoms with Crippen LogP contribution in [0.5, 0.6) is 5.75 Å². The molecule has 0 aromatic heterocycles. The fourth-order valence-electron chi connectivity index (χ4n) is 1.60. The summed E-state index contributed by atoms with van der Waals surface area (Å²) in [6.45, 7) is 0. The molecule has 0 aliphatic rings. The Hall–Kier alpha value is -1.45. The van der Waals surface area contributed by atoms with E-state index in [0.29, 0.717) is 17.1 Å². The molecule has 98 valence electrons. The molecular weight excluding hydrogens is 280 g/mol. The molecule has 0 saturated heterocycles. The smallest absolute Gasteiger partial charge is 0.172 e. The number of phenols is 1. The number of ketones is 1. The Kier molecular flexibility index (Phi) is 4.88. The maximum absolute atomic E-state index is 11.9. The van der Waals surface area contributed by atoms with Gasteiger partial charge in [0.2, 0.25) is 0 Å². The lowest BCUT2D eigenvalue weighted by atomic mass is 10.1. The van der Waals surface area contributed by atoms with Crippen molar-refractivity contribution in [3.63, 3.8) is 0 Å². The summed E-state index contributed by atoms with van der Waals surface area (Å²) in [5, 5.41) is 9.89. The zero-order valence-electron chi connectivity index (χ0n) is 10.2. The minimum Gasteiger partial charge on any atom is -0.508 e. The number of rotatable bonds is 5. The number of halogens is 1. The first kappa shape index (κ1) is 14.0. The van der Waals surface area contributed by atoms with Crippen LogP contribution in [0.25, 0.3) is 0 Å². The molecular formula is C15H13ClO2S. The fourth-order valence-corrected chi connectivity index (χ4v) is 2.81. The van der Waals surface area contributed by atoms with E-state index in [2.05, 4.69) is 0 Å². The number of thioether (sulfide) groups is 1. The van der Waals surface area contributed by atoms with Crippen LogP contribution in [-0.4, -0.2) is 16.6 Å². The van der Waals surface area contributed by atoms with Gasteiger partial charge in [-0.3, -0.25) is 4.79 Å². The van der Waals surface area contributed by atoms with Crippen LogP contribution in [0.1, 0.15) is 15.9 Å². The van der Waals surface area contributed by atoms with E-state index < -0.39 is 0 Å². The Balaban J connectivity index is 1.88. The molecule has 0 spiro atoms. The molecule has 0 bridgehead atoms. The summed E-state index contributed by atoms with van der Waals surface area (Å²) < 4.78 is 0. The number of phenolic OH excluding ortho intramolecular Hbond substituents is 1. The van der Waals surface area contributed by atoms with Crippen molar-refractivity contribution < 1.29 is 9.90 Å². The van der Waals surface area contributed by atoms with Gasteiger partial charge >= 0.3 is 0 Å². The summed E-state index contributed by atoms with van der Waals surface area (Å²) in [6, 6.07) is 13.9. The summed E-state index contributed by atoms with van der Waals surface area (Å²) >= 11 is 7.58. The van der Waals surface area contributed by atoms with E-state index in [0.717, 1.165) is 10.6 Å². The quantitative estimate of drug-likeness (QED) is 0.841. The Morgan fingerprint density at radius 3 is 2.47 bits per heavy atom. The lowest BCUT2D eigenvalue weighted by Gasteiger charge is -2.04. The van der Waals surface area contributed by atoms with E-state index in [1.807, 2.05) is 24.3 Å². The van der Waals surface area contributed by atoms with Crippen LogP contribution >= 0.6 is 23.4 Å². The molecule has 2 aromatic carbocycles. The molecule has 0 aliphatic carbocycles. The average molecular weight is 293 g/mol. The first-order valence-corrected chi connectivity index (χ1v) is 7.33. The number of Topliss-reactive ketones (excluding diaryl/α,β-unsaturated/α-hetero) is 1. The van der Waals surface area contributed by atoms with E-state index in [1.165, 1.54) is 23.9 Å². The molecule has 0 radical (unpaired) electrons. The first-order valence-electron chi connectivity index (χ1n) is 5.80. The van der Waals surface area contributed by atoms with Crippen LogP contribution in [0.15, 0.2) is 48.5 Å². The number of hydrogen-bond acceptors (Lipinski definition) is 3. The molecule has 0 saturated carbocycles. The molecule has 2 rings (SSSR count). The minimum absolute atomic E-state index is 0.0528. The zero-order valence-corrected chi connectivity index (χ0v) is 11.7. The molecule has 1 N–H and O–H groups in total. The third-order valence-electron chi connectivity index (χ3n) is 2.64. The molecule has 19 heavy (non-hydrogen) atoms. The highest BCUT2D eigenvalue weighted by Crippen LogP contribution is 2.21. The van der Waals surface area contributed by atoms with Crippen molar-refractivity contribution in [3.05, 3.63) is 64.7 Å². The van der Waals surface area contributed by atoms with Crippen LogP contribution in [-0.2, 0) is 5.75 Å². The van der Waals surface area contributed by atoms with Gasteiger partial charge in [-0.05, 0) is 35.9 Å². The van der Waals surface area contributed by atoms with Crippen LogP contribution in [0.2, 0.25) is 5.02 Å². The van der Waals surface area contributed by atoms with Gasteiger partial charge in [-0.2, -0.15) is 0 Å². The summed E-state index contributed by atoms with van der Waals surface area (Å²) in [7, 11) is 0. The topological polar surface area (TPSA) is 37.3 Å². The van der Waals surface area contributed by atoms with Crippen LogP contribution < -0.4 is 0 Å². The maximum atomic E-state index is 11.9. The van der Waals surface area contributed by atoms with E-state index in [-0.39, 0.29) is 11.5 Å². The summed E-state index contributed by atoms with van der Waals surface area (Å²) in [5.41, 5.74) is 1.65. The number of carbonyl (C=O) groups is 1. The van der Waals surface area contributed by atoms with Crippen molar-refractivity contribution in [2.24, 2.45) is 0 Å². The summed E-state index contributed by atoms with van der Waals surface area (Å²) in [4.78, 5) is 11.9. The van der Waals surface area contributed by atoms with E-state index >= 15 is 0 Å². The van der Waals surface area contributed by atoms with Gasteiger partial charge in [0.05, 0.1) is 5.75 Å². The Labute approximate surface area is 121 Å². The van der Waals surface area contributed by atoms with Crippen molar-refractivity contribution in [3.8, 4) is 5.75 Å². The van der Waals surface area contributed by atoms with Gasteiger partial charge in [-0.1, -0.05) is 29.8 Å². The highest BCUT2D eigenvalue weighted by Gasteiger charge is 2.07. The van der Waals surface area contributed by atoms with Crippen LogP contribution in [0.4, 0.5) is 0 Å². The highest BCUT2D eigenvalue weighted by atomic mass is 35.5. The predicted molar refractivity (Wildman–Crippen MR) is 80.1 cm³/mol. The lowest BCUT2D eigenvalue weighted by Crippen LogP contribution is -2.02. The van der Waals surface area contributed by atoms with Crippen LogP contribution in [0, 0.1) is 0 Å². The van der Waals surface area contributed by atoms with E-state index in [4.69, 9.17) is 16.7 Å². The number of aromatic hydroxyl groups is 1. The minimum atomic E-state index is 0.0528. The van der Waals surface area contributed by atoms with Crippen molar-refractivity contribution in [2.45, 2.75) is 5.75 Å².